The Hall–Kier alpha value is -3.84. The molecule has 3 aromatic carbocycles. The molecule has 0 spiro atoms. The Kier molecular flexibility index (Phi) is 6.65. The monoisotopic (exact) mass is 486 g/mol. The molecular weight excluding hydrogens is 456 g/mol. The van der Waals surface area contributed by atoms with Gasteiger partial charge in [-0.1, -0.05) is 43.3 Å². The second kappa shape index (κ2) is 10.0. The number of para-hydroxylation sites is 1. The maximum absolute atomic E-state index is 13.8. The first-order valence-corrected chi connectivity index (χ1v) is 12.4. The molecule has 5 rings (SSSR count). The zero-order valence-corrected chi connectivity index (χ0v) is 20.7. The van der Waals surface area contributed by atoms with E-state index in [1.54, 1.807) is 11.1 Å². The molecule has 0 bridgehead atoms. The molecule has 3 aromatic rings. The van der Waals surface area contributed by atoms with Gasteiger partial charge in [0, 0.05) is 0 Å². The average molecular weight is 487 g/mol. The predicted molar refractivity (Wildman–Crippen MR) is 137 cm³/mol. The summed E-state index contributed by atoms with van der Waals surface area (Å²) in [6.07, 6.45) is -0.0458. The molecular formula is C29H30N2O5. The summed E-state index contributed by atoms with van der Waals surface area (Å²) in [5.74, 6) is -0.0861. The summed E-state index contributed by atoms with van der Waals surface area (Å²) >= 11 is 0. The minimum absolute atomic E-state index is 0.275. The van der Waals surface area contributed by atoms with Crippen molar-refractivity contribution in [2.75, 3.05) is 23.2 Å². The van der Waals surface area contributed by atoms with Crippen LogP contribution in [0.3, 0.4) is 0 Å². The van der Waals surface area contributed by atoms with Gasteiger partial charge in [0.15, 0.2) is 17.6 Å². The number of carbonyl (C=O) groups is 2. The van der Waals surface area contributed by atoms with Gasteiger partial charge in [-0.3, -0.25) is 14.4 Å². The fourth-order valence-electron chi connectivity index (χ4n) is 4.88. The number of rotatable bonds is 8. The highest BCUT2D eigenvalue weighted by molar-refractivity contribution is 6.24. The van der Waals surface area contributed by atoms with E-state index in [2.05, 4.69) is 0 Å². The number of hydroxylamine groups is 1. The van der Waals surface area contributed by atoms with E-state index in [9.17, 15) is 9.59 Å². The maximum Gasteiger partial charge on any atom is 0.266 e. The SMILES string of the molecule is CCCOc1ccc([C@H]2[C@H]3C(=O)N(c4cccc(C)c4)C(=O)[C@H]3ON2c2ccccc2)cc1OCC. The van der Waals surface area contributed by atoms with E-state index in [1.165, 1.54) is 4.90 Å². The minimum atomic E-state index is -0.922. The number of ether oxygens (including phenoxy) is 2. The van der Waals surface area contributed by atoms with Gasteiger partial charge in [0.05, 0.1) is 30.6 Å². The number of benzene rings is 3. The van der Waals surface area contributed by atoms with E-state index >= 15 is 0 Å². The molecule has 2 saturated heterocycles. The van der Waals surface area contributed by atoms with Gasteiger partial charge in [0.1, 0.15) is 5.92 Å². The number of hydrogen-bond donors (Lipinski definition) is 0. The zero-order chi connectivity index (χ0) is 25.2. The van der Waals surface area contributed by atoms with Crippen molar-refractivity contribution in [3.63, 3.8) is 0 Å². The van der Waals surface area contributed by atoms with Gasteiger partial charge in [-0.15, -0.1) is 0 Å². The first kappa shape index (κ1) is 23.9. The van der Waals surface area contributed by atoms with Crippen molar-refractivity contribution in [3.05, 3.63) is 83.9 Å². The van der Waals surface area contributed by atoms with E-state index in [1.807, 2.05) is 87.5 Å². The van der Waals surface area contributed by atoms with Crippen molar-refractivity contribution in [3.8, 4) is 11.5 Å². The van der Waals surface area contributed by atoms with E-state index in [-0.39, 0.29) is 11.8 Å². The van der Waals surface area contributed by atoms with Crippen molar-refractivity contribution >= 4 is 23.2 Å². The molecule has 0 radical (unpaired) electrons. The molecule has 0 unspecified atom stereocenters. The van der Waals surface area contributed by atoms with Gasteiger partial charge in [0.2, 0.25) is 5.91 Å². The van der Waals surface area contributed by atoms with Crippen molar-refractivity contribution in [2.24, 2.45) is 5.92 Å². The Morgan fingerprint density at radius 3 is 2.33 bits per heavy atom. The lowest BCUT2D eigenvalue weighted by atomic mass is 9.90. The Morgan fingerprint density at radius 2 is 1.61 bits per heavy atom. The number of fused-ring (bicyclic) bond motifs is 1. The summed E-state index contributed by atoms with van der Waals surface area (Å²) in [6, 6.07) is 22.1. The van der Waals surface area contributed by atoms with Crippen LogP contribution in [0.4, 0.5) is 11.4 Å². The van der Waals surface area contributed by atoms with Crippen molar-refractivity contribution in [1.82, 2.24) is 0 Å². The minimum Gasteiger partial charge on any atom is -0.490 e. The summed E-state index contributed by atoms with van der Waals surface area (Å²) in [4.78, 5) is 34.9. The molecule has 0 aliphatic carbocycles. The van der Waals surface area contributed by atoms with Crippen LogP contribution >= 0.6 is 0 Å². The third-order valence-corrected chi connectivity index (χ3v) is 6.46. The molecule has 2 aliphatic rings. The van der Waals surface area contributed by atoms with Crippen LogP contribution in [-0.4, -0.2) is 31.1 Å². The average Bonchev–Trinajstić information content (AvgIpc) is 3.39. The number of carbonyl (C=O) groups excluding carboxylic acids is 2. The molecule has 0 N–H and O–H groups in total. The largest absolute Gasteiger partial charge is 0.490 e. The molecule has 2 fully saturated rings. The second-order valence-electron chi connectivity index (χ2n) is 9.00. The van der Waals surface area contributed by atoms with Crippen molar-refractivity contribution in [1.29, 1.82) is 0 Å². The van der Waals surface area contributed by atoms with Gasteiger partial charge < -0.3 is 9.47 Å². The lowest BCUT2D eigenvalue weighted by Gasteiger charge is -2.29. The highest BCUT2D eigenvalue weighted by Crippen LogP contribution is 2.48. The molecule has 36 heavy (non-hydrogen) atoms. The topological polar surface area (TPSA) is 68.3 Å². The highest BCUT2D eigenvalue weighted by atomic mass is 16.7. The smallest absolute Gasteiger partial charge is 0.266 e. The van der Waals surface area contributed by atoms with Gasteiger partial charge in [-0.2, -0.15) is 0 Å². The molecule has 7 heteroatoms. The maximum atomic E-state index is 13.8. The Bertz CT molecular complexity index is 1260. The summed E-state index contributed by atoms with van der Waals surface area (Å²) < 4.78 is 11.8. The first-order chi connectivity index (χ1) is 17.5. The van der Waals surface area contributed by atoms with Crippen molar-refractivity contribution < 1.29 is 23.9 Å². The predicted octanol–water partition coefficient (Wildman–Crippen LogP) is 5.23. The van der Waals surface area contributed by atoms with E-state index in [4.69, 9.17) is 14.3 Å². The van der Waals surface area contributed by atoms with Crippen LogP contribution in [0.2, 0.25) is 0 Å². The first-order valence-electron chi connectivity index (χ1n) is 12.4. The van der Waals surface area contributed by atoms with Crippen LogP contribution < -0.4 is 19.4 Å². The molecule has 0 saturated carbocycles. The third-order valence-electron chi connectivity index (χ3n) is 6.46. The fourth-order valence-corrected chi connectivity index (χ4v) is 4.88. The molecule has 2 amide bonds. The lowest BCUT2D eigenvalue weighted by molar-refractivity contribution is -0.126. The number of amides is 2. The zero-order valence-electron chi connectivity index (χ0n) is 20.7. The van der Waals surface area contributed by atoms with Crippen LogP contribution in [0.5, 0.6) is 11.5 Å². The summed E-state index contributed by atoms with van der Waals surface area (Å²) in [7, 11) is 0. The summed E-state index contributed by atoms with van der Waals surface area (Å²) in [6.45, 7) is 6.94. The summed E-state index contributed by atoms with van der Waals surface area (Å²) in [5.41, 5.74) is 3.11. The van der Waals surface area contributed by atoms with Crippen LogP contribution in [-0.2, 0) is 14.4 Å². The molecule has 0 aromatic heterocycles. The van der Waals surface area contributed by atoms with Gasteiger partial charge in [0.25, 0.3) is 5.91 Å². The number of imide groups is 1. The van der Waals surface area contributed by atoms with Crippen LogP contribution in [0.25, 0.3) is 0 Å². The molecule has 186 valence electrons. The highest BCUT2D eigenvalue weighted by Gasteiger charge is 2.60. The Morgan fingerprint density at radius 1 is 0.833 bits per heavy atom. The van der Waals surface area contributed by atoms with Gasteiger partial charge >= 0.3 is 0 Å². The van der Waals surface area contributed by atoms with Crippen LogP contribution in [0.1, 0.15) is 37.4 Å². The Labute approximate surface area is 211 Å². The summed E-state index contributed by atoms with van der Waals surface area (Å²) in [5, 5.41) is 1.69. The quantitative estimate of drug-likeness (QED) is 0.406. The fraction of sp³-hybridized carbons (Fsp3) is 0.310. The number of aryl methyl sites for hydroxylation is 1. The number of nitrogens with zero attached hydrogens (tertiary/aromatic N) is 2. The third kappa shape index (κ3) is 4.20. The molecule has 7 nitrogen and oxygen atoms in total. The normalized spacial score (nSPS) is 21.1. The molecule has 2 heterocycles. The van der Waals surface area contributed by atoms with Crippen molar-refractivity contribution in [2.45, 2.75) is 39.3 Å². The lowest BCUT2D eigenvalue weighted by Crippen LogP contribution is -2.37. The molecule has 3 atom stereocenters. The number of hydrogen-bond acceptors (Lipinski definition) is 6. The number of anilines is 2. The van der Waals surface area contributed by atoms with E-state index in [0.29, 0.717) is 30.4 Å². The standard InChI is InChI=1S/C29H30N2O5/c1-4-16-35-23-15-14-20(18-24(23)34-5-2)26-25-27(36-31(26)21-11-7-6-8-12-21)29(33)30(28(25)32)22-13-9-10-19(3)17-22/h6-15,17-18,25-27H,4-5,16H2,1-3H3/t25-,26+,27+/m1/s1. The van der Waals surface area contributed by atoms with E-state index < -0.39 is 18.1 Å². The van der Waals surface area contributed by atoms with Gasteiger partial charge in [-0.25, -0.2) is 9.96 Å². The van der Waals surface area contributed by atoms with Gasteiger partial charge in [-0.05, 0) is 67.8 Å². The van der Waals surface area contributed by atoms with Crippen LogP contribution in [0.15, 0.2) is 72.8 Å². The molecule has 2 aliphatic heterocycles. The second-order valence-corrected chi connectivity index (χ2v) is 9.00. The Balaban J connectivity index is 1.58. The van der Waals surface area contributed by atoms with E-state index in [0.717, 1.165) is 23.2 Å². The van der Waals surface area contributed by atoms with Crippen LogP contribution in [0, 0.1) is 12.8 Å².